The van der Waals surface area contributed by atoms with Crippen LogP contribution in [-0.2, 0) is 9.53 Å². The molecule has 2 bridgehead atoms. The summed E-state index contributed by atoms with van der Waals surface area (Å²) < 4.78 is 5.15. The van der Waals surface area contributed by atoms with Gasteiger partial charge >= 0.3 is 0 Å². The molecular formula is C7H10O4. The number of ketones is 1. The molecule has 2 rings (SSSR count). The Hall–Kier alpha value is -0.450. The van der Waals surface area contributed by atoms with Crippen LogP contribution < -0.4 is 0 Å². The average molecular weight is 158 g/mol. The number of carbonyl (C=O) groups excluding carboxylic acids is 1. The standard InChI is InChI=1S/C7H10O4/c1-7-4(8)2-3(11-7)5(9)6(7)10/h3,5-6,9-10H,2H2,1H3/t3-,5-,6-,7+/m0/s1. The van der Waals surface area contributed by atoms with Crippen LogP contribution in [0.1, 0.15) is 13.3 Å². The second-order valence-electron chi connectivity index (χ2n) is 3.33. The number of hydrogen-bond acceptors (Lipinski definition) is 4. The molecule has 0 radical (unpaired) electrons. The Kier molecular flexibility index (Phi) is 1.20. The Labute approximate surface area is 63.8 Å². The third kappa shape index (κ3) is 0.668. The molecule has 0 unspecified atom stereocenters. The maximum Gasteiger partial charge on any atom is 0.169 e. The molecule has 2 aliphatic rings. The fourth-order valence-electron chi connectivity index (χ4n) is 1.76. The van der Waals surface area contributed by atoms with Crippen LogP contribution in [-0.4, -0.2) is 39.9 Å². The van der Waals surface area contributed by atoms with Crippen molar-refractivity contribution in [1.82, 2.24) is 0 Å². The first kappa shape index (κ1) is 7.21. The molecule has 2 fully saturated rings. The van der Waals surface area contributed by atoms with Crippen LogP contribution in [0, 0.1) is 0 Å². The molecule has 2 heterocycles. The van der Waals surface area contributed by atoms with Crippen LogP contribution >= 0.6 is 0 Å². The number of fused-ring (bicyclic) bond motifs is 2. The van der Waals surface area contributed by atoms with E-state index in [1.165, 1.54) is 6.92 Å². The zero-order valence-electron chi connectivity index (χ0n) is 6.15. The highest BCUT2D eigenvalue weighted by Crippen LogP contribution is 2.40. The Morgan fingerprint density at radius 2 is 2.27 bits per heavy atom. The molecule has 4 atom stereocenters. The molecule has 62 valence electrons. The molecular weight excluding hydrogens is 148 g/mol. The number of aliphatic hydroxyl groups is 2. The van der Waals surface area contributed by atoms with Gasteiger partial charge in [-0.3, -0.25) is 4.79 Å². The highest BCUT2D eigenvalue weighted by Gasteiger charge is 2.61. The first-order chi connectivity index (χ1) is 5.05. The summed E-state index contributed by atoms with van der Waals surface area (Å²) in [5.74, 6) is -0.111. The Morgan fingerprint density at radius 3 is 2.64 bits per heavy atom. The number of Topliss-reactive ketones (excluding diaryl/α,β-unsaturated/α-hetero) is 1. The van der Waals surface area contributed by atoms with Gasteiger partial charge in [0.15, 0.2) is 11.4 Å². The minimum Gasteiger partial charge on any atom is -0.388 e. The van der Waals surface area contributed by atoms with Gasteiger partial charge < -0.3 is 14.9 Å². The largest absolute Gasteiger partial charge is 0.388 e. The van der Waals surface area contributed by atoms with E-state index in [1.54, 1.807) is 0 Å². The molecule has 2 aliphatic heterocycles. The van der Waals surface area contributed by atoms with Gasteiger partial charge in [-0.15, -0.1) is 0 Å². The summed E-state index contributed by atoms with van der Waals surface area (Å²) in [6.07, 6.45) is -2.19. The Morgan fingerprint density at radius 1 is 1.64 bits per heavy atom. The molecule has 4 nitrogen and oxygen atoms in total. The number of carbonyl (C=O) groups is 1. The van der Waals surface area contributed by atoms with Crippen LogP contribution in [0.25, 0.3) is 0 Å². The fraction of sp³-hybridized carbons (Fsp3) is 0.857. The first-order valence-corrected chi connectivity index (χ1v) is 3.63. The quantitative estimate of drug-likeness (QED) is 0.466. The zero-order chi connectivity index (χ0) is 8.22. The lowest BCUT2D eigenvalue weighted by molar-refractivity contribution is -0.137. The van der Waals surface area contributed by atoms with Crippen molar-refractivity contribution in [2.24, 2.45) is 0 Å². The van der Waals surface area contributed by atoms with E-state index in [9.17, 15) is 15.0 Å². The smallest absolute Gasteiger partial charge is 0.169 e. The minimum atomic E-state index is -1.13. The molecule has 11 heavy (non-hydrogen) atoms. The van der Waals surface area contributed by atoms with E-state index in [2.05, 4.69) is 0 Å². The van der Waals surface area contributed by atoms with Gasteiger partial charge in [0.1, 0.15) is 12.2 Å². The number of aliphatic hydroxyl groups excluding tert-OH is 2. The van der Waals surface area contributed by atoms with E-state index in [0.29, 0.717) is 0 Å². The van der Waals surface area contributed by atoms with Crippen molar-refractivity contribution in [1.29, 1.82) is 0 Å². The molecule has 0 saturated carbocycles. The Balaban J connectivity index is 2.36. The van der Waals surface area contributed by atoms with Crippen molar-refractivity contribution >= 4 is 5.78 Å². The summed E-state index contributed by atoms with van der Waals surface area (Å²) in [5.41, 5.74) is -1.13. The van der Waals surface area contributed by atoms with E-state index in [1.807, 2.05) is 0 Å². The van der Waals surface area contributed by atoms with E-state index in [-0.39, 0.29) is 12.2 Å². The summed E-state index contributed by atoms with van der Waals surface area (Å²) in [4.78, 5) is 11.1. The highest BCUT2D eigenvalue weighted by atomic mass is 16.6. The van der Waals surface area contributed by atoms with Gasteiger partial charge in [0.2, 0.25) is 0 Å². The third-order valence-electron chi connectivity index (χ3n) is 2.61. The molecule has 0 aromatic carbocycles. The highest BCUT2D eigenvalue weighted by molar-refractivity contribution is 5.91. The predicted molar refractivity (Wildman–Crippen MR) is 34.9 cm³/mol. The van der Waals surface area contributed by atoms with Gasteiger partial charge in [0, 0.05) is 6.42 Å². The monoisotopic (exact) mass is 158 g/mol. The second kappa shape index (κ2) is 1.83. The SMILES string of the molecule is C[C@@]12O[C@@H](CC1=O)[C@H](O)[C@@H]2O. The van der Waals surface area contributed by atoms with Crippen LogP contribution in [0.3, 0.4) is 0 Å². The first-order valence-electron chi connectivity index (χ1n) is 3.63. The van der Waals surface area contributed by atoms with Gasteiger partial charge in [-0.25, -0.2) is 0 Å². The summed E-state index contributed by atoms with van der Waals surface area (Å²) >= 11 is 0. The van der Waals surface area contributed by atoms with Crippen molar-refractivity contribution in [3.8, 4) is 0 Å². The van der Waals surface area contributed by atoms with Crippen LogP contribution in [0.15, 0.2) is 0 Å². The van der Waals surface area contributed by atoms with Gasteiger partial charge in [-0.05, 0) is 6.92 Å². The van der Waals surface area contributed by atoms with Gasteiger partial charge in [-0.1, -0.05) is 0 Å². The van der Waals surface area contributed by atoms with Gasteiger partial charge in [0.05, 0.1) is 6.10 Å². The molecule has 4 heteroatoms. The summed E-state index contributed by atoms with van der Waals surface area (Å²) in [6.45, 7) is 1.52. The van der Waals surface area contributed by atoms with E-state index < -0.39 is 23.9 Å². The maximum absolute atomic E-state index is 11.1. The van der Waals surface area contributed by atoms with Crippen molar-refractivity contribution in [3.05, 3.63) is 0 Å². The molecule has 0 spiro atoms. The van der Waals surface area contributed by atoms with Crippen LogP contribution in [0.5, 0.6) is 0 Å². The number of ether oxygens (including phenoxy) is 1. The molecule has 0 amide bonds. The van der Waals surface area contributed by atoms with Crippen molar-refractivity contribution in [3.63, 3.8) is 0 Å². The van der Waals surface area contributed by atoms with Crippen molar-refractivity contribution in [2.45, 2.75) is 37.3 Å². The van der Waals surface area contributed by atoms with Crippen LogP contribution in [0.2, 0.25) is 0 Å². The third-order valence-corrected chi connectivity index (χ3v) is 2.61. The van der Waals surface area contributed by atoms with E-state index in [0.717, 1.165) is 0 Å². The average Bonchev–Trinajstić information content (AvgIpc) is 2.34. The normalized spacial score (nSPS) is 55.5. The number of hydrogen-bond donors (Lipinski definition) is 2. The minimum absolute atomic E-state index is 0.111. The van der Waals surface area contributed by atoms with Gasteiger partial charge in [-0.2, -0.15) is 0 Å². The summed E-state index contributed by atoms with van der Waals surface area (Å²) in [5, 5.41) is 18.6. The molecule has 2 N–H and O–H groups in total. The molecule has 2 saturated heterocycles. The molecule has 0 aliphatic carbocycles. The number of rotatable bonds is 0. The van der Waals surface area contributed by atoms with Crippen molar-refractivity contribution < 1.29 is 19.7 Å². The topological polar surface area (TPSA) is 66.8 Å². The predicted octanol–water partition coefficient (Wildman–Crippen LogP) is -1.16. The fourth-order valence-corrected chi connectivity index (χ4v) is 1.76. The Bertz CT molecular complexity index is 214. The maximum atomic E-state index is 11.1. The summed E-state index contributed by atoms with van der Waals surface area (Å²) in [6, 6.07) is 0. The lowest BCUT2D eigenvalue weighted by atomic mass is 9.84. The van der Waals surface area contributed by atoms with E-state index in [4.69, 9.17) is 4.74 Å². The summed E-state index contributed by atoms with van der Waals surface area (Å²) in [7, 11) is 0. The lowest BCUT2D eigenvalue weighted by Gasteiger charge is -2.24. The van der Waals surface area contributed by atoms with E-state index >= 15 is 0 Å². The van der Waals surface area contributed by atoms with Gasteiger partial charge in [0.25, 0.3) is 0 Å². The molecule has 0 aromatic heterocycles. The lowest BCUT2D eigenvalue weighted by Crippen LogP contribution is -2.49. The van der Waals surface area contributed by atoms with Crippen LogP contribution in [0.4, 0.5) is 0 Å². The van der Waals surface area contributed by atoms with Crippen molar-refractivity contribution in [2.75, 3.05) is 0 Å². The zero-order valence-corrected chi connectivity index (χ0v) is 6.15. The molecule has 0 aromatic rings. The second-order valence-corrected chi connectivity index (χ2v) is 3.33.